The highest BCUT2D eigenvalue weighted by molar-refractivity contribution is 6.00. The molecule has 1 amide bonds. The number of hydrogen-bond acceptors (Lipinski definition) is 3. The maximum absolute atomic E-state index is 11.0. The monoisotopic (exact) mass is 292 g/mol. The summed E-state index contributed by atoms with van der Waals surface area (Å²) in [6, 6.07) is 18.8. The van der Waals surface area contributed by atoms with Crippen LogP contribution < -0.4 is 10.5 Å². The van der Waals surface area contributed by atoms with E-state index in [1.165, 1.54) is 6.08 Å². The third-order valence-electron chi connectivity index (χ3n) is 3.16. The van der Waals surface area contributed by atoms with Crippen LogP contribution in [-0.4, -0.2) is 5.91 Å². The van der Waals surface area contributed by atoms with Crippen LogP contribution in [0.3, 0.4) is 0 Å². The lowest BCUT2D eigenvalue weighted by Gasteiger charge is -2.15. The predicted octanol–water partition coefficient (Wildman–Crippen LogP) is 3.22. The Labute approximate surface area is 129 Å². The standard InChI is InChI=1S/C18H16N2O2/c1-13(15-5-3-2-4-6-15)22-17-9-7-14(8-10-17)11-16(12-19)18(20)21/h2-11,13H,1H3,(H2,20,21)/b16-11+. The summed E-state index contributed by atoms with van der Waals surface area (Å²) in [5.41, 5.74) is 6.83. The molecule has 0 bridgehead atoms. The molecular weight excluding hydrogens is 276 g/mol. The van der Waals surface area contributed by atoms with Crippen molar-refractivity contribution >= 4 is 12.0 Å². The molecule has 2 aromatic carbocycles. The van der Waals surface area contributed by atoms with Gasteiger partial charge >= 0.3 is 0 Å². The highest BCUT2D eigenvalue weighted by Crippen LogP contribution is 2.22. The lowest BCUT2D eigenvalue weighted by atomic mass is 10.1. The van der Waals surface area contributed by atoms with Crippen LogP contribution in [0.5, 0.6) is 5.75 Å². The van der Waals surface area contributed by atoms with Crippen molar-refractivity contribution in [1.29, 1.82) is 5.26 Å². The average Bonchev–Trinajstić information content (AvgIpc) is 2.54. The predicted molar refractivity (Wildman–Crippen MR) is 84.7 cm³/mol. The summed E-state index contributed by atoms with van der Waals surface area (Å²) < 4.78 is 5.86. The fourth-order valence-corrected chi connectivity index (χ4v) is 1.96. The van der Waals surface area contributed by atoms with E-state index in [4.69, 9.17) is 15.7 Å². The first-order valence-corrected chi connectivity index (χ1v) is 6.83. The summed E-state index contributed by atoms with van der Waals surface area (Å²) >= 11 is 0. The molecule has 22 heavy (non-hydrogen) atoms. The maximum atomic E-state index is 11.0. The molecule has 0 saturated carbocycles. The van der Waals surface area contributed by atoms with Crippen LogP contribution in [0.2, 0.25) is 0 Å². The number of primary amides is 1. The van der Waals surface area contributed by atoms with Crippen molar-refractivity contribution in [3.05, 3.63) is 71.3 Å². The van der Waals surface area contributed by atoms with Gasteiger partial charge in [0.05, 0.1) is 0 Å². The van der Waals surface area contributed by atoms with Crippen LogP contribution in [0.15, 0.2) is 60.2 Å². The Morgan fingerprint density at radius 1 is 1.18 bits per heavy atom. The van der Waals surface area contributed by atoms with Gasteiger partial charge in [-0.15, -0.1) is 0 Å². The number of ether oxygens (including phenoxy) is 1. The zero-order valence-corrected chi connectivity index (χ0v) is 12.2. The molecular formula is C18H16N2O2. The Hall–Kier alpha value is -3.06. The van der Waals surface area contributed by atoms with E-state index in [-0.39, 0.29) is 11.7 Å². The van der Waals surface area contributed by atoms with Crippen LogP contribution in [0.1, 0.15) is 24.2 Å². The van der Waals surface area contributed by atoms with E-state index in [1.54, 1.807) is 30.3 Å². The van der Waals surface area contributed by atoms with Crippen molar-refractivity contribution in [3.63, 3.8) is 0 Å². The molecule has 0 saturated heterocycles. The first-order chi connectivity index (χ1) is 10.6. The molecule has 0 radical (unpaired) electrons. The van der Waals surface area contributed by atoms with Crippen LogP contribution in [-0.2, 0) is 4.79 Å². The van der Waals surface area contributed by atoms with E-state index in [1.807, 2.05) is 37.3 Å². The summed E-state index contributed by atoms with van der Waals surface area (Å²) in [4.78, 5) is 11.0. The summed E-state index contributed by atoms with van der Waals surface area (Å²) in [5.74, 6) is -0.0217. The second kappa shape index (κ2) is 7.09. The van der Waals surface area contributed by atoms with E-state index in [0.717, 1.165) is 11.1 Å². The molecule has 4 nitrogen and oxygen atoms in total. The molecule has 110 valence electrons. The molecule has 0 aliphatic carbocycles. The Kier molecular flexibility index (Phi) is 4.94. The summed E-state index contributed by atoms with van der Waals surface area (Å²) in [6.45, 7) is 1.98. The van der Waals surface area contributed by atoms with Crippen molar-refractivity contribution in [1.82, 2.24) is 0 Å². The third-order valence-corrected chi connectivity index (χ3v) is 3.16. The van der Waals surface area contributed by atoms with Gasteiger partial charge in [-0.05, 0) is 36.3 Å². The molecule has 0 spiro atoms. The summed E-state index contributed by atoms with van der Waals surface area (Å²) in [6.07, 6.45) is 1.38. The molecule has 1 atom stereocenters. The number of nitriles is 1. The number of benzene rings is 2. The van der Waals surface area contributed by atoms with Crippen molar-refractivity contribution in [2.75, 3.05) is 0 Å². The molecule has 0 fully saturated rings. The fourth-order valence-electron chi connectivity index (χ4n) is 1.96. The molecule has 2 N–H and O–H groups in total. The fraction of sp³-hybridized carbons (Fsp3) is 0.111. The molecule has 4 heteroatoms. The Morgan fingerprint density at radius 3 is 2.36 bits per heavy atom. The first kappa shape index (κ1) is 15.3. The second-order valence-corrected chi connectivity index (χ2v) is 4.77. The van der Waals surface area contributed by atoms with E-state index in [9.17, 15) is 4.79 Å². The summed E-state index contributed by atoms with van der Waals surface area (Å²) in [7, 11) is 0. The van der Waals surface area contributed by atoms with Gasteiger partial charge in [-0.2, -0.15) is 5.26 Å². The summed E-state index contributed by atoms with van der Waals surface area (Å²) in [5, 5.41) is 8.81. The highest BCUT2D eigenvalue weighted by atomic mass is 16.5. The zero-order valence-electron chi connectivity index (χ0n) is 12.2. The van der Waals surface area contributed by atoms with Gasteiger partial charge in [0.15, 0.2) is 0 Å². The van der Waals surface area contributed by atoms with Gasteiger partial charge in [0.2, 0.25) is 0 Å². The Morgan fingerprint density at radius 2 is 1.82 bits per heavy atom. The number of nitrogens with two attached hydrogens (primary N) is 1. The average molecular weight is 292 g/mol. The molecule has 0 aromatic heterocycles. The lowest BCUT2D eigenvalue weighted by molar-refractivity contribution is -0.114. The second-order valence-electron chi connectivity index (χ2n) is 4.77. The maximum Gasteiger partial charge on any atom is 0.259 e. The number of carbonyl (C=O) groups excluding carboxylic acids is 1. The van der Waals surface area contributed by atoms with Gasteiger partial charge in [-0.3, -0.25) is 4.79 Å². The zero-order chi connectivity index (χ0) is 15.9. The van der Waals surface area contributed by atoms with Crippen LogP contribution in [0.4, 0.5) is 0 Å². The molecule has 2 rings (SSSR count). The van der Waals surface area contributed by atoms with Gasteiger partial charge in [0.1, 0.15) is 23.5 Å². The molecule has 1 unspecified atom stereocenters. The molecule has 0 aliphatic heterocycles. The van der Waals surface area contributed by atoms with Gasteiger partial charge in [0, 0.05) is 0 Å². The number of nitrogens with zero attached hydrogens (tertiary/aromatic N) is 1. The molecule has 0 heterocycles. The van der Waals surface area contributed by atoms with Crippen molar-refractivity contribution in [2.45, 2.75) is 13.0 Å². The van der Waals surface area contributed by atoms with Crippen LogP contribution >= 0.6 is 0 Å². The van der Waals surface area contributed by atoms with Crippen molar-refractivity contribution in [3.8, 4) is 11.8 Å². The number of rotatable bonds is 5. The molecule has 2 aromatic rings. The van der Waals surface area contributed by atoms with Gasteiger partial charge in [-0.25, -0.2) is 0 Å². The van der Waals surface area contributed by atoms with Gasteiger partial charge in [-0.1, -0.05) is 42.5 Å². The van der Waals surface area contributed by atoms with Crippen molar-refractivity contribution < 1.29 is 9.53 Å². The minimum Gasteiger partial charge on any atom is -0.486 e. The van der Waals surface area contributed by atoms with E-state index < -0.39 is 5.91 Å². The Bertz CT molecular complexity index is 713. The van der Waals surface area contributed by atoms with Crippen LogP contribution in [0.25, 0.3) is 6.08 Å². The van der Waals surface area contributed by atoms with Crippen molar-refractivity contribution in [2.24, 2.45) is 5.73 Å². The Balaban J connectivity index is 2.10. The number of hydrogen-bond donors (Lipinski definition) is 1. The van der Waals surface area contributed by atoms with Gasteiger partial charge < -0.3 is 10.5 Å². The van der Waals surface area contributed by atoms with E-state index >= 15 is 0 Å². The smallest absolute Gasteiger partial charge is 0.259 e. The quantitative estimate of drug-likeness (QED) is 0.679. The van der Waals surface area contributed by atoms with Crippen LogP contribution in [0, 0.1) is 11.3 Å². The third kappa shape index (κ3) is 3.97. The van der Waals surface area contributed by atoms with E-state index in [0.29, 0.717) is 5.75 Å². The van der Waals surface area contributed by atoms with E-state index in [2.05, 4.69) is 0 Å². The van der Waals surface area contributed by atoms with Gasteiger partial charge in [0.25, 0.3) is 5.91 Å². The topological polar surface area (TPSA) is 76.1 Å². The number of carbonyl (C=O) groups is 1. The normalized spacial score (nSPS) is 12.3. The lowest BCUT2D eigenvalue weighted by Crippen LogP contribution is -2.12. The SMILES string of the molecule is CC(Oc1ccc(/C=C(\C#N)C(N)=O)cc1)c1ccccc1. The largest absolute Gasteiger partial charge is 0.486 e. The first-order valence-electron chi connectivity index (χ1n) is 6.83. The minimum atomic E-state index is -0.736. The highest BCUT2D eigenvalue weighted by Gasteiger charge is 2.07. The minimum absolute atomic E-state index is 0.0668. The number of amides is 1. The molecule has 0 aliphatic rings.